The van der Waals surface area contributed by atoms with E-state index in [1.165, 1.54) is 0 Å². The van der Waals surface area contributed by atoms with E-state index in [1.54, 1.807) is 13.8 Å². The molecular weight excluding hydrogens is 232 g/mol. The highest BCUT2D eigenvalue weighted by Crippen LogP contribution is 2.23. The summed E-state index contributed by atoms with van der Waals surface area (Å²) in [5.74, 6) is 0.0246. The summed E-state index contributed by atoms with van der Waals surface area (Å²) in [6.45, 7) is 3.42. The first-order valence-electron chi connectivity index (χ1n) is 5.60. The van der Waals surface area contributed by atoms with Crippen LogP contribution in [0.2, 0.25) is 0 Å². The molecule has 0 radical (unpaired) electrons. The minimum absolute atomic E-state index is 0.809. The van der Waals surface area contributed by atoms with Crippen molar-refractivity contribution >= 4 is 24.7 Å². The van der Waals surface area contributed by atoms with Gasteiger partial charge in [-0.05, 0) is 37.1 Å². The quantitative estimate of drug-likeness (QED) is 0.786. The zero-order chi connectivity index (χ0) is 12.9. The monoisotopic (exact) mass is 250 g/mol. The average Bonchev–Trinajstić information content (AvgIpc) is 2.30. The molecular formula is C14H18O2S. The highest BCUT2D eigenvalue weighted by atomic mass is 32.1. The molecule has 2 nitrogen and oxygen atoms in total. The third kappa shape index (κ3) is 3.63. The van der Waals surface area contributed by atoms with Gasteiger partial charge in [-0.2, -0.15) is 12.6 Å². The molecule has 3 heteroatoms. The van der Waals surface area contributed by atoms with Crippen LogP contribution >= 0.6 is 12.6 Å². The second kappa shape index (κ2) is 5.92. The Morgan fingerprint density at radius 3 is 2.41 bits per heavy atom. The fourth-order valence-electron chi connectivity index (χ4n) is 1.43. The molecule has 0 bridgehead atoms. The van der Waals surface area contributed by atoms with Crippen LogP contribution in [-0.4, -0.2) is 16.8 Å². The maximum absolute atomic E-state index is 11.1. The minimum Gasteiger partial charge on any atom is -0.481 e. The van der Waals surface area contributed by atoms with Crippen molar-refractivity contribution in [1.82, 2.24) is 0 Å². The van der Waals surface area contributed by atoms with Crippen molar-refractivity contribution < 1.29 is 9.90 Å². The zero-order valence-corrected chi connectivity index (χ0v) is 11.1. The van der Waals surface area contributed by atoms with Gasteiger partial charge in [0.2, 0.25) is 0 Å². The van der Waals surface area contributed by atoms with E-state index in [9.17, 15) is 4.79 Å². The van der Waals surface area contributed by atoms with E-state index >= 15 is 0 Å². The Morgan fingerprint density at radius 1 is 1.35 bits per heavy atom. The molecule has 17 heavy (non-hydrogen) atoms. The maximum atomic E-state index is 11.1. The van der Waals surface area contributed by atoms with Gasteiger partial charge in [0.25, 0.3) is 0 Å². The number of hydrogen-bond donors (Lipinski definition) is 2. The number of aliphatic carboxylic acids is 1. The second-order valence-electron chi connectivity index (χ2n) is 4.47. The predicted octanol–water partition coefficient (Wildman–Crippen LogP) is 3.38. The van der Waals surface area contributed by atoms with Crippen LogP contribution in [0.4, 0.5) is 0 Å². The number of carboxylic acids is 1. The third-order valence-electron chi connectivity index (χ3n) is 2.77. The fourth-order valence-corrected chi connectivity index (χ4v) is 1.58. The lowest BCUT2D eigenvalue weighted by atomic mass is 9.84. The second-order valence-corrected chi connectivity index (χ2v) is 4.91. The predicted molar refractivity (Wildman–Crippen MR) is 74.6 cm³/mol. The van der Waals surface area contributed by atoms with E-state index in [2.05, 4.69) is 18.7 Å². The Kier molecular flexibility index (Phi) is 4.82. The lowest BCUT2D eigenvalue weighted by molar-refractivity contribution is -0.142. The van der Waals surface area contributed by atoms with E-state index < -0.39 is 11.4 Å². The summed E-state index contributed by atoms with van der Waals surface area (Å²) in [4.78, 5) is 11.1. The molecule has 0 fully saturated rings. The van der Waals surface area contributed by atoms with Crippen LogP contribution < -0.4 is 0 Å². The lowest BCUT2D eigenvalue weighted by Crippen LogP contribution is -2.28. The number of allylic oxidation sites excluding steroid dienone is 1. The van der Waals surface area contributed by atoms with Crippen molar-refractivity contribution in [3.8, 4) is 0 Å². The molecule has 0 unspecified atom stereocenters. The summed E-state index contributed by atoms with van der Waals surface area (Å²) in [5.41, 5.74) is 1.06. The highest BCUT2D eigenvalue weighted by molar-refractivity contribution is 7.80. The molecule has 1 rings (SSSR count). The van der Waals surface area contributed by atoms with Gasteiger partial charge in [0, 0.05) is 0 Å². The van der Waals surface area contributed by atoms with Crippen LogP contribution in [0, 0.1) is 0 Å². The van der Waals surface area contributed by atoms with Crippen molar-refractivity contribution in [1.29, 1.82) is 0 Å². The van der Waals surface area contributed by atoms with E-state index in [-0.39, 0.29) is 0 Å². The van der Waals surface area contributed by atoms with Crippen molar-refractivity contribution in [2.24, 2.45) is 0 Å². The van der Waals surface area contributed by atoms with Crippen LogP contribution in [-0.2, 0) is 10.2 Å². The number of hydrogen-bond acceptors (Lipinski definition) is 2. The normalized spacial score (nSPS) is 11.9. The molecule has 0 saturated carbocycles. The van der Waals surface area contributed by atoms with E-state index in [1.807, 2.05) is 30.3 Å². The highest BCUT2D eigenvalue weighted by Gasteiger charge is 2.28. The van der Waals surface area contributed by atoms with Gasteiger partial charge < -0.3 is 5.11 Å². The molecule has 0 spiro atoms. The van der Waals surface area contributed by atoms with Crippen LogP contribution in [0.15, 0.2) is 30.3 Å². The maximum Gasteiger partial charge on any atom is 0.313 e. The Labute approximate surface area is 108 Å². The standard InChI is InChI=1S/C14H18O2S/c1-14(2,13(15)16)12-8-6-11(7-9-12)5-3-4-10-17/h3,5-9,17H,4,10H2,1-2H3,(H,15,16). The molecule has 0 aromatic heterocycles. The molecule has 0 amide bonds. The van der Waals surface area contributed by atoms with Gasteiger partial charge in [-0.3, -0.25) is 4.79 Å². The molecule has 1 aromatic carbocycles. The topological polar surface area (TPSA) is 37.3 Å². The number of rotatable bonds is 5. The SMILES string of the molecule is CC(C)(C(=O)O)c1ccc(C=CCCS)cc1. The minimum atomic E-state index is -0.840. The Bertz CT molecular complexity index is 405. The molecule has 0 aliphatic rings. The molecule has 0 saturated heterocycles. The van der Waals surface area contributed by atoms with Gasteiger partial charge in [0.1, 0.15) is 0 Å². The fraction of sp³-hybridized carbons (Fsp3) is 0.357. The van der Waals surface area contributed by atoms with Crippen LogP contribution in [0.5, 0.6) is 0 Å². The van der Waals surface area contributed by atoms with E-state index in [0.717, 1.165) is 23.3 Å². The summed E-state index contributed by atoms with van der Waals surface area (Å²) in [5, 5.41) is 9.11. The lowest BCUT2D eigenvalue weighted by Gasteiger charge is -2.19. The summed E-state index contributed by atoms with van der Waals surface area (Å²) in [6.07, 6.45) is 5.02. The Balaban J connectivity index is 2.85. The largest absolute Gasteiger partial charge is 0.481 e. The number of benzene rings is 1. The Hall–Kier alpha value is -1.22. The first kappa shape index (κ1) is 13.8. The average molecular weight is 250 g/mol. The smallest absolute Gasteiger partial charge is 0.313 e. The summed E-state index contributed by atoms with van der Waals surface area (Å²) < 4.78 is 0. The summed E-state index contributed by atoms with van der Waals surface area (Å²) in [6, 6.07) is 7.62. The third-order valence-corrected chi connectivity index (χ3v) is 3.03. The molecule has 0 heterocycles. The van der Waals surface area contributed by atoms with Gasteiger partial charge >= 0.3 is 5.97 Å². The van der Waals surface area contributed by atoms with Crippen molar-refractivity contribution in [2.75, 3.05) is 5.75 Å². The van der Waals surface area contributed by atoms with Crippen LogP contribution in [0.25, 0.3) is 6.08 Å². The molecule has 0 aliphatic heterocycles. The zero-order valence-electron chi connectivity index (χ0n) is 10.2. The van der Waals surface area contributed by atoms with Gasteiger partial charge in [0.15, 0.2) is 0 Å². The number of carbonyl (C=O) groups is 1. The van der Waals surface area contributed by atoms with Crippen LogP contribution in [0.3, 0.4) is 0 Å². The van der Waals surface area contributed by atoms with Crippen LogP contribution in [0.1, 0.15) is 31.4 Å². The van der Waals surface area contributed by atoms with Crippen molar-refractivity contribution in [2.45, 2.75) is 25.7 Å². The van der Waals surface area contributed by atoms with Gasteiger partial charge in [-0.15, -0.1) is 0 Å². The summed E-state index contributed by atoms with van der Waals surface area (Å²) >= 11 is 4.13. The summed E-state index contributed by atoms with van der Waals surface area (Å²) in [7, 11) is 0. The molecule has 0 atom stereocenters. The van der Waals surface area contributed by atoms with E-state index in [4.69, 9.17) is 5.11 Å². The molecule has 92 valence electrons. The van der Waals surface area contributed by atoms with Crippen molar-refractivity contribution in [3.63, 3.8) is 0 Å². The molecule has 0 aliphatic carbocycles. The first-order chi connectivity index (χ1) is 7.98. The van der Waals surface area contributed by atoms with Gasteiger partial charge in [0.05, 0.1) is 5.41 Å². The van der Waals surface area contributed by atoms with Gasteiger partial charge in [-0.25, -0.2) is 0 Å². The number of thiol groups is 1. The van der Waals surface area contributed by atoms with Gasteiger partial charge in [-0.1, -0.05) is 36.4 Å². The molecule has 1 N–H and O–H groups in total. The number of carboxylic acid groups (broad SMARTS) is 1. The molecule has 1 aromatic rings. The first-order valence-corrected chi connectivity index (χ1v) is 6.23. The van der Waals surface area contributed by atoms with Crippen molar-refractivity contribution in [3.05, 3.63) is 41.5 Å². The van der Waals surface area contributed by atoms with E-state index in [0.29, 0.717) is 0 Å². The Morgan fingerprint density at radius 2 is 1.94 bits per heavy atom.